The molecule has 2 aromatic heterocycles. The molecule has 1 N–H and O–H groups in total. The van der Waals surface area contributed by atoms with E-state index in [4.69, 9.17) is 0 Å². The van der Waals surface area contributed by atoms with E-state index in [2.05, 4.69) is 15.0 Å². The van der Waals surface area contributed by atoms with E-state index in [-0.39, 0.29) is 12.5 Å². The van der Waals surface area contributed by atoms with E-state index in [1.54, 1.807) is 18.5 Å². The summed E-state index contributed by atoms with van der Waals surface area (Å²) in [6, 6.07) is 6.14. The van der Waals surface area contributed by atoms with Crippen LogP contribution in [0.25, 0.3) is 0 Å². The van der Waals surface area contributed by atoms with Gasteiger partial charge in [-0.15, -0.1) is 0 Å². The summed E-state index contributed by atoms with van der Waals surface area (Å²) < 4.78 is 2.03. The summed E-state index contributed by atoms with van der Waals surface area (Å²) in [7, 11) is 0. The molecule has 0 aromatic carbocycles. The predicted molar refractivity (Wildman–Crippen MR) is 96.3 cm³/mol. The number of carbonyl (C=O) groups is 1. The van der Waals surface area contributed by atoms with E-state index in [9.17, 15) is 9.90 Å². The van der Waals surface area contributed by atoms with Crippen molar-refractivity contribution in [2.45, 2.75) is 45.0 Å². The highest BCUT2D eigenvalue weighted by atomic mass is 16.3. The average Bonchev–Trinajstić information content (AvgIpc) is 2.99. The molecule has 7 nitrogen and oxygen atoms in total. The minimum atomic E-state index is -0.00512. The SMILES string of the molecule is O=C(c1cccnc1)N1CCC(N2CCCn3nc(CO)cc3C2)CC1. The van der Waals surface area contributed by atoms with E-state index in [0.29, 0.717) is 11.6 Å². The van der Waals surface area contributed by atoms with E-state index >= 15 is 0 Å². The van der Waals surface area contributed by atoms with Crippen molar-refractivity contribution < 1.29 is 9.90 Å². The Morgan fingerprint density at radius 1 is 1.23 bits per heavy atom. The Kier molecular flexibility index (Phi) is 4.99. The van der Waals surface area contributed by atoms with Gasteiger partial charge in [0, 0.05) is 51.2 Å². The lowest BCUT2D eigenvalue weighted by molar-refractivity contribution is 0.0609. The van der Waals surface area contributed by atoms with Crippen LogP contribution in [0.3, 0.4) is 0 Å². The maximum atomic E-state index is 12.6. The zero-order chi connectivity index (χ0) is 17.9. The van der Waals surface area contributed by atoms with Gasteiger partial charge in [0.15, 0.2) is 0 Å². The Hall–Kier alpha value is -2.25. The molecule has 1 saturated heterocycles. The highest BCUT2D eigenvalue weighted by molar-refractivity contribution is 5.93. The van der Waals surface area contributed by atoms with E-state index in [1.165, 1.54) is 5.69 Å². The van der Waals surface area contributed by atoms with Gasteiger partial charge < -0.3 is 10.0 Å². The number of aliphatic hydroxyl groups excluding tert-OH is 1. The molecule has 0 unspecified atom stereocenters. The van der Waals surface area contributed by atoms with Crippen LogP contribution in [0, 0.1) is 0 Å². The minimum Gasteiger partial charge on any atom is -0.390 e. The van der Waals surface area contributed by atoms with Gasteiger partial charge in [-0.2, -0.15) is 5.10 Å². The lowest BCUT2D eigenvalue weighted by Gasteiger charge is -2.38. The number of aryl methyl sites for hydroxylation is 1. The molecule has 2 aliphatic heterocycles. The molecule has 0 saturated carbocycles. The van der Waals surface area contributed by atoms with Gasteiger partial charge in [-0.05, 0) is 37.5 Å². The molecule has 1 fully saturated rings. The normalized spacial score (nSPS) is 19.2. The Morgan fingerprint density at radius 2 is 2.08 bits per heavy atom. The van der Waals surface area contributed by atoms with Gasteiger partial charge in [-0.3, -0.25) is 19.4 Å². The molecule has 7 heteroatoms. The molecular formula is C19H25N5O2. The third kappa shape index (κ3) is 3.50. The summed E-state index contributed by atoms with van der Waals surface area (Å²) in [5, 5.41) is 13.8. The van der Waals surface area contributed by atoms with Crippen molar-refractivity contribution in [1.82, 2.24) is 24.6 Å². The summed E-state index contributed by atoms with van der Waals surface area (Å²) in [5.74, 6) is 0.0816. The van der Waals surface area contributed by atoms with Crippen molar-refractivity contribution in [1.29, 1.82) is 0 Å². The molecular weight excluding hydrogens is 330 g/mol. The topological polar surface area (TPSA) is 74.5 Å². The van der Waals surface area contributed by atoms with E-state index in [1.807, 2.05) is 21.7 Å². The number of hydrogen-bond acceptors (Lipinski definition) is 5. The van der Waals surface area contributed by atoms with Crippen molar-refractivity contribution >= 4 is 5.91 Å². The van der Waals surface area contributed by atoms with Crippen LogP contribution in [0.2, 0.25) is 0 Å². The average molecular weight is 355 g/mol. The highest BCUT2D eigenvalue weighted by Gasteiger charge is 2.29. The number of aliphatic hydroxyl groups is 1. The molecule has 1 amide bonds. The molecule has 4 heterocycles. The lowest BCUT2D eigenvalue weighted by atomic mass is 10.0. The van der Waals surface area contributed by atoms with Crippen molar-refractivity contribution in [3.8, 4) is 0 Å². The van der Waals surface area contributed by atoms with Gasteiger partial charge in [0.2, 0.25) is 0 Å². The van der Waals surface area contributed by atoms with Gasteiger partial charge in [0.05, 0.1) is 23.6 Å². The third-order valence-corrected chi connectivity index (χ3v) is 5.43. The number of aromatic nitrogens is 3. The number of pyridine rings is 1. The molecule has 2 aromatic rings. The molecule has 138 valence electrons. The predicted octanol–water partition coefficient (Wildman–Crippen LogP) is 1.28. The number of fused-ring (bicyclic) bond motifs is 1. The summed E-state index contributed by atoms with van der Waals surface area (Å²) in [6.45, 7) is 4.40. The molecule has 0 bridgehead atoms. The number of piperidine rings is 1. The second-order valence-corrected chi connectivity index (χ2v) is 7.10. The van der Waals surface area contributed by atoms with Crippen LogP contribution < -0.4 is 0 Å². The van der Waals surface area contributed by atoms with Crippen molar-refractivity contribution in [2.75, 3.05) is 19.6 Å². The number of carbonyl (C=O) groups excluding carboxylic acids is 1. The third-order valence-electron chi connectivity index (χ3n) is 5.43. The molecule has 0 spiro atoms. The van der Waals surface area contributed by atoms with Gasteiger partial charge in [0.25, 0.3) is 5.91 Å². The van der Waals surface area contributed by atoms with Crippen LogP contribution >= 0.6 is 0 Å². The number of nitrogens with zero attached hydrogens (tertiary/aromatic N) is 5. The molecule has 4 rings (SSSR count). The first-order chi connectivity index (χ1) is 12.7. The summed E-state index contributed by atoms with van der Waals surface area (Å²) in [5.41, 5.74) is 2.60. The number of likely N-dealkylation sites (tertiary alicyclic amines) is 1. The molecule has 0 aliphatic carbocycles. The number of hydrogen-bond donors (Lipinski definition) is 1. The molecule has 26 heavy (non-hydrogen) atoms. The lowest BCUT2D eigenvalue weighted by Crippen LogP contribution is -2.46. The van der Waals surface area contributed by atoms with Gasteiger partial charge >= 0.3 is 0 Å². The largest absolute Gasteiger partial charge is 0.390 e. The first kappa shape index (κ1) is 17.2. The first-order valence-corrected chi connectivity index (χ1v) is 9.34. The fourth-order valence-corrected chi connectivity index (χ4v) is 4.04. The zero-order valence-electron chi connectivity index (χ0n) is 14.9. The van der Waals surface area contributed by atoms with Crippen LogP contribution in [0.5, 0.6) is 0 Å². The first-order valence-electron chi connectivity index (χ1n) is 9.34. The summed E-state index contributed by atoms with van der Waals surface area (Å²) >= 11 is 0. The Labute approximate surface area is 153 Å². The van der Waals surface area contributed by atoms with Crippen LogP contribution in [-0.2, 0) is 19.7 Å². The van der Waals surface area contributed by atoms with Crippen LogP contribution in [0.15, 0.2) is 30.6 Å². The van der Waals surface area contributed by atoms with E-state index in [0.717, 1.165) is 57.7 Å². The van der Waals surface area contributed by atoms with Crippen molar-refractivity contribution in [2.24, 2.45) is 0 Å². The minimum absolute atomic E-state index is 0.00512. The fourth-order valence-electron chi connectivity index (χ4n) is 4.04. The second-order valence-electron chi connectivity index (χ2n) is 7.10. The molecule has 0 atom stereocenters. The Bertz CT molecular complexity index is 753. The summed E-state index contributed by atoms with van der Waals surface area (Å²) in [4.78, 5) is 21.1. The quantitative estimate of drug-likeness (QED) is 0.898. The Morgan fingerprint density at radius 3 is 2.81 bits per heavy atom. The maximum absolute atomic E-state index is 12.6. The smallest absolute Gasteiger partial charge is 0.255 e. The second kappa shape index (κ2) is 7.55. The van der Waals surface area contributed by atoms with Gasteiger partial charge in [0.1, 0.15) is 0 Å². The van der Waals surface area contributed by atoms with E-state index < -0.39 is 0 Å². The monoisotopic (exact) mass is 355 g/mol. The van der Waals surface area contributed by atoms with Crippen LogP contribution in [0.4, 0.5) is 0 Å². The number of rotatable bonds is 3. The van der Waals surface area contributed by atoms with Crippen molar-refractivity contribution in [3.63, 3.8) is 0 Å². The van der Waals surface area contributed by atoms with Crippen LogP contribution in [-0.4, -0.2) is 61.3 Å². The van der Waals surface area contributed by atoms with Gasteiger partial charge in [-0.25, -0.2) is 0 Å². The maximum Gasteiger partial charge on any atom is 0.255 e. The fraction of sp³-hybridized carbons (Fsp3) is 0.526. The number of amides is 1. The molecule has 2 aliphatic rings. The zero-order valence-corrected chi connectivity index (χ0v) is 14.9. The standard InChI is InChI=1S/C19H25N5O2/c25-14-16-11-18-13-23(7-2-8-24(18)21-16)17-4-9-22(10-5-17)19(26)15-3-1-6-20-12-15/h1,3,6,11-12,17,25H,2,4-5,7-10,13-14H2. The van der Waals surface area contributed by atoms with Gasteiger partial charge in [-0.1, -0.05) is 0 Å². The summed E-state index contributed by atoms with van der Waals surface area (Å²) in [6.07, 6.45) is 6.38. The Balaban J connectivity index is 1.38. The molecule has 0 radical (unpaired) electrons. The van der Waals surface area contributed by atoms with Crippen LogP contribution in [0.1, 0.15) is 41.0 Å². The van der Waals surface area contributed by atoms with Crippen molar-refractivity contribution in [3.05, 3.63) is 47.5 Å². The highest BCUT2D eigenvalue weighted by Crippen LogP contribution is 2.23.